The van der Waals surface area contributed by atoms with E-state index in [9.17, 15) is 9.18 Å². The van der Waals surface area contributed by atoms with E-state index in [1.165, 1.54) is 12.1 Å². The summed E-state index contributed by atoms with van der Waals surface area (Å²) in [6.45, 7) is 11.6. The number of amides is 1. The third-order valence-electron chi connectivity index (χ3n) is 5.14. The van der Waals surface area contributed by atoms with Crippen molar-refractivity contribution in [3.8, 4) is 5.75 Å². The highest BCUT2D eigenvalue weighted by Gasteiger charge is 2.51. The number of halogens is 1. The van der Waals surface area contributed by atoms with Gasteiger partial charge in [-0.25, -0.2) is 4.39 Å². The molecule has 144 valence electrons. The molecule has 7 heteroatoms. The zero-order chi connectivity index (χ0) is 19.5. The highest BCUT2D eigenvalue weighted by Crippen LogP contribution is 2.36. The van der Waals surface area contributed by atoms with E-state index in [1.807, 2.05) is 41.5 Å². The highest BCUT2D eigenvalue weighted by molar-refractivity contribution is 6.62. The molecule has 0 aliphatic carbocycles. The molecule has 0 saturated carbocycles. The van der Waals surface area contributed by atoms with Crippen molar-refractivity contribution in [1.29, 1.82) is 0 Å². The quantitative estimate of drug-likeness (QED) is 0.755. The van der Waals surface area contributed by atoms with E-state index < -0.39 is 24.1 Å². The molecule has 1 aromatic carbocycles. The molecular formula is C19H29BFNO4. The van der Waals surface area contributed by atoms with Crippen LogP contribution in [0.25, 0.3) is 0 Å². The van der Waals surface area contributed by atoms with Crippen LogP contribution in [-0.4, -0.2) is 36.9 Å². The molecule has 0 aromatic heterocycles. The van der Waals surface area contributed by atoms with Crippen molar-refractivity contribution in [3.63, 3.8) is 0 Å². The van der Waals surface area contributed by atoms with E-state index in [4.69, 9.17) is 14.0 Å². The predicted octanol–water partition coefficient (Wildman–Crippen LogP) is 2.81. The lowest BCUT2D eigenvalue weighted by atomic mass is 9.79. The van der Waals surface area contributed by atoms with Crippen molar-refractivity contribution in [2.24, 2.45) is 0 Å². The molecule has 0 radical (unpaired) electrons. The Hall–Kier alpha value is -1.60. The molecule has 1 N–H and O–H groups in total. The average Bonchev–Trinajstić information content (AvgIpc) is 2.78. The lowest BCUT2D eigenvalue weighted by Crippen LogP contribution is -2.41. The fraction of sp³-hybridized carbons (Fsp3) is 0.632. The van der Waals surface area contributed by atoms with E-state index in [-0.39, 0.29) is 24.3 Å². The van der Waals surface area contributed by atoms with Gasteiger partial charge in [0.05, 0.1) is 11.2 Å². The van der Waals surface area contributed by atoms with Crippen LogP contribution >= 0.6 is 0 Å². The maximum Gasteiger partial charge on any atom is 0.495 e. The van der Waals surface area contributed by atoms with Crippen LogP contribution in [0.5, 0.6) is 5.75 Å². The molecule has 1 amide bonds. The predicted molar refractivity (Wildman–Crippen MR) is 100 cm³/mol. The van der Waals surface area contributed by atoms with Crippen molar-refractivity contribution >= 4 is 18.5 Å². The standard InChI is InChI=1S/C19H29BFNO4/c1-7-15(8-2)22-17(23)12-24-16-10-13(9-14(21)11-16)20-25-18(3,4)19(5,6)26-20/h9-11,15H,7-8,12H2,1-6H3,(H,22,23). The lowest BCUT2D eigenvalue weighted by molar-refractivity contribution is -0.123. The normalized spacial score (nSPS) is 18.2. The van der Waals surface area contributed by atoms with E-state index in [2.05, 4.69) is 5.32 Å². The van der Waals surface area contributed by atoms with Gasteiger partial charge in [0.2, 0.25) is 0 Å². The maximum atomic E-state index is 14.0. The number of carbonyl (C=O) groups excluding carboxylic acids is 1. The van der Waals surface area contributed by atoms with Crippen molar-refractivity contribution in [3.05, 3.63) is 24.0 Å². The maximum absolute atomic E-state index is 14.0. The summed E-state index contributed by atoms with van der Waals surface area (Å²) in [6, 6.07) is 4.38. The van der Waals surface area contributed by atoms with Crippen molar-refractivity contribution < 1.29 is 23.2 Å². The topological polar surface area (TPSA) is 56.8 Å². The molecule has 0 bridgehead atoms. The number of nitrogens with one attached hydrogen (secondary N) is 1. The van der Waals surface area contributed by atoms with Crippen molar-refractivity contribution in [1.82, 2.24) is 5.32 Å². The van der Waals surface area contributed by atoms with Gasteiger partial charge in [0.25, 0.3) is 5.91 Å². The molecule has 0 atom stereocenters. The first-order valence-corrected chi connectivity index (χ1v) is 9.16. The summed E-state index contributed by atoms with van der Waals surface area (Å²) in [6.07, 6.45) is 1.71. The minimum Gasteiger partial charge on any atom is -0.484 e. The number of ether oxygens (including phenoxy) is 1. The molecule has 26 heavy (non-hydrogen) atoms. The molecule has 1 fully saturated rings. The number of benzene rings is 1. The van der Waals surface area contributed by atoms with Gasteiger partial charge in [0.1, 0.15) is 11.6 Å². The monoisotopic (exact) mass is 365 g/mol. The molecule has 1 saturated heterocycles. The van der Waals surface area contributed by atoms with Crippen molar-refractivity contribution in [2.75, 3.05) is 6.61 Å². The molecule has 5 nitrogen and oxygen atoms in total. The highest BCUT2D eigenvalue weighted by atomic mass is 19.1. The first-order valence-electron chi connectivity index (χ1n) is 9.16. The minimum absolute atomic E-state index is 0.124. The van der Waals surface area contributed by atoms with E-state index >= 15 is 0 Å². The van der Waals surface area contributed by atoms with Gasteiger partial charge in [-0.2, -0.15) is 0 Å². The van der Waals surface area contributed by atoms with Gasteiger partial charge in [0.15, 0.2) is 6.61 Å². The second kappa shape index (κ2) is 7.97. The Morgan fingerprint density at radius 3 is 2.27 bits per heavy atom. The Balaban J connectivity index is 2.05. The van der Waals surface area contributed by atoms with Gasteiger partial charge in [0, 0.05) is 12.1 Å². The lowest BCUT2D eigenvalue weighted by Gasteiger charge is -2.32. The second-order valence-corrected chi connectivity index (χ2v) is 7.68. The third kappa shape index (κ3) is 4.77. The minimum atomic E-state index is -0.684. The summed E-state index contributed by atoms with van der Waals surface area (Å²) < 4.78 is 31.4. The number of hydrogen-bond donors (Lipinski definition) is 1. The van der Waals surface area contributed by atoms with E-state index in [0.29, 0.717) is 5.46 Å². The van der Waals surface area contributed by atoms with Gasteiger partial charge in [-0.15, -0.1) is 0 Å². The van der Waals surface area contributed by atoms with E-state index in [1.54, 1.807) is 6.07 Å². The van der Waals surface area contributed by atoms with Crippen LogP contribution in [0.15, 0.2) is 18.2 Å². The average molecular weight is 365 g/mol. The van der Waals surface area contributed by atoms with Gasteiger partial charge in [-0.1, -0.05) is 13.8 Å². The molecule has 2 rings (SSSR count). The molecule has 1 aliphatic rings. The molecule has 0 unspecified atom stereocenters. The van der Waals surface area contributed by atoms with Crippen LogP contribution in [0, 0.1) is 5.82 Å². The van der Waals surface area contributed by atoms with Gasteiger partial charge in [-0.05, 0) is 58.1 Å². The van der Waals surface area contributed by atoms with E-state index in [0.717, 1.165) is 12.8 Å². The fourth-order valence-corrected chi connectivity index (χ4v) is 2.69. The van der Waals surface area contributed by atoms with Crippen LogP contribution < -0.4 is 15.5 Å². The van der Waals surface area contributed by atoms with Gasteiger partial charge in [-0.3, -0.25) is 4.79 Å². The van der Waals surface area contributed by atoms with Crippen molar-refractivity contribution in [2.45, 2.75) is 71.6 Å². The Bertz CT molecular complexity index is 630. The summed E-state index contributed by atoms with van der Waals surface area (Å²) >= 11 is 0. The molecule has 1 heterocycles. The number of rotatable bonds is 7. The molecule has 1 aromatic rings. The van der Waals surface area contributed by atoms with Crippen LogP contribution in [0.4, 0.5) is 4.39 Å². The summed E-state index contributed by atoms with van der Waals surface area (Å²) in [5, 5.41) is 2.89. The number of hydrogen-bond acceptors (Lipinski definition) is 4. The zero-order valence-corrected chi connectivity index (χ0v) is 16.5. The van der Waals surface area contributed by atoms with Crippen LogP contribution in [0.1, 0.15) is 54.4 Å². The second-order valence-electron chi connectivity index (χ2n) is 7.68. The van der Waals surface area contributed by atoms with Gasteiger partial charge < -0.3 is 19.4 Å². The largest absolute Gasteiger partial charge is 0.495 e. The Labute approximate surface area is 155 Å². The first-order chi connectivity index (χ1) is 12.1. The summed E-state index contributed by atoms with van der Waals surface area (Å²) in [4.78, 5) is 12.0. The Morgan fingerprint density at radius 2 is 1.73 bits per heavy atom. The van der Waals surface area contributed by atoms with Crippen LogP contribution in [0.2, 0.25) is 0 Å². The molecule has 1 aliphatic heterocycles. The van der Waals surface area contributed by atoms with Crippen LogP contribution in [0.3, 0.4) is 0 Å². The van der Waals surface area contributed by atoms with Gasteiger partial charge >= 0.3 is 7.12 Å². The molecule has 0 spiro atoms. The Kier molecular flexibility index (Phi) is 6.35. The smallest absolute Gasteiger partial charge is 0.484 e. The van der Waals surface area contributed by atoms with Crippen LogP contribution in [-0.2, 0) is 14.1 Å². The molecular weight excluding hydrogens is 336 g/mol. The fourth-order valence-electron chi connectivity index (χ4n) is 2.69. The number of carbonyl (C=O) groups is 1. The first kappa shape index (κ1) is 20.7. The Morgan fingerprint density at radius 1 is 1.15 bits per heavy atom. The summed E-state index contributed by atoms with van der Waals surface area (Å²) in [7, 11) is -0.684. The summed E-state index contributed by atoms with van der Waals surface area (Å²) in [5.41, 5.74) is -0.500. The summed E-state index contributed by atoms with van der Waals surface area (Å²) in [5.74, 6) is -0.415. The third-order valence-corrected chi connectivity index (χ3v) is 5.14. The zero-order valence-electron chi connectivity index (χ0n) is 16.5. The SMILES string of the molecule is CCC(CC)NC(=O)COc1cc(F)cc(B2OC(C)(C)C(C)(C)O2)c1.